The highest BCUT2D eigenvalue weighted by Gasteiger charge is 2.15. The third-order valence-corrected chi connectivity index (χ3v) is 1.69. The van der Waals surface area contributed by atoms with Crippen molar-refractivity contribution in [3.63, 3.8) is 0 Å². The van der Waals surface area contributed by atoms with E-state index >= 15 is 0 Å². The van der Waals surface area contributed by atoms with Crippen molar-refractivity contribution >= 4 is 11.9 Å². The van der Waals surface area contributed by atoms with Crippen LogP contribution < -0.4 is 0 Å². The minimum absolute atomic E-state index is 0.157. The largest absolute Gasteiger partial charge is 0.257 e. The Bertz CT molecular complexity index is 331. The molecule has 56 valence electrons. The molecule has 11 heavy (non-hydrogen) atoms. The third-order valence-electron chi connectivity index (χ3n) is 1.69. The predicted octanol–water partition coefficient (Wildman–Crippen LogP) is 2.22. The molecule has 0 fully saturated rings. The van der Waals surface area contributed by atoms with Crippen LogP contribution in [0.5, 0.6) is 0 Å². The number of hydrogen-bond donors (Lipinski definition) is 0. The van der Waals surface area contributed by atoms with Gasteiger partial charge in [-0.05, 0) is 12.1 Å². The van der Waals surface area contributed by atoms with Gasteiger partial charge in [0.15, 0.2) is 0 Å². The lowest BCUT2D eigenvalue weighted by Gasteiger charge is -1.98. The first-order valence-corrected chi connectivity index (χ1v) is 3.28. The molecule has 0 aromatic heterocycles. The van der Waals surface area contributed by atoms with Crippen LogP contribution in [0, 0.1) is 11.6 Å². The smallest absolute Gasteiger partial charge is 0.149 e. The van der Waals surface area contributed by atoms with Gasteiger partial charge in [-0.2, -0.15) is 0 Å². The molecule has 0 bridgehead atoms. The second-order valence-corrected chi connectivity index (χ2v) is 2.37. The molecule has 1 aromatic carbocycles. The molecular weight excluding hydrogens is 148 g/mol. The molecule has 3 heteroatoms. The molecule has 1 aromatic rings. The zero-order valence-corrected chi connectivity index (χ0v) is 5.64. The van der Waals surface area contributed by atoms with Crippen LogP contribution in [0.1, 0.15) is 5.56 Å². The van der Waals surface area contributed by atoms with Gasteiger partial charge < -0.3 is 0 Å². The fraction of sp³-hybridized carbons (Fsp3) is 0.125. The Balaban J connectivity index is 2.71. The molecule has 1 heterocycles. The van der Waals surface area contributed by atoms with Gasteiger partial charge in [0.1, 0.15) is 17.3 Å². The first-order chi connectivity index (χ1) is 5.29. The second kappa shape index (κ2) is 2.12. The van der Waals surface area contributed by atoms with E-state index in [0.717, 1.165) is 12.1 Å². The maximum absolute atomic E-state index is 12.8. The topological polar surface area (TPSA) is 12.4 Å². The summed E-state index contributed by atoms with van der Waals surface area (Å²) in [5.41, 5.74) is 0.523. The van der Waals surface area contributed by atoms with Gasteiger partial charge in [0, 0.05) is 18.2 Å². The van der Waals surface area contributed by atoms with Crippen LogP contribution in [0.25, 0.3) is 0 Å². The van der Waals surface area contributed by atoms with Crippen molar-refractivity contribution in [2.75, 3.05) is 0 Å². The number of rotatable bonds is 0. The van der Waals surface area contributed by atoms with Crippen LogP contribution in [0.4, 0.5) is 14.5 Å². The Labute approximate surface area is 62.4 Å². The lowest BCUT2D eigenvalue weighted by molar-refractivity contribution is 0.595. The molecular formula is C8H5F2N. The number of benzene rings is 1. The van der Waals surface area contributed by atoms with Crippen molar-refractivity contribution in [1.82, 2.24) is 0 Å². The van der Waals surface area contributed by atoms with Crippen LogP contribution in [0.3, 0.4) is 0 Å². The standard InChI is InChI=1S/C8H5F2N/c9-6-1-2-7(10)8-5(6)3-4-11-8/h1-2,4H,3H2. The van der Waals surface area contributed by atoms with E-state index in [-0.39, 0.29) is 11.5 Å². The Hall–Kier alpha value is -1.25. The summed E-state index contributed by atoms with van der Waals surface area (Å²) >= 11 is 0. The number of halogens is 2. The Kier molecular flexibility index (Phi) is 1.24. The first-order valence-electron chi connectivity index (χ1n) is 3.28. The quantitative estimate of drug-likeness (QED) is 0.542. The van der Waals surface area contributed by atoms with E-state index in [1.807, 2.05) is 0 Å². The third kappa shape index (κ3) is 0.843. The van der Waals surface area contributed by atoms with Gasteiger partial charge in [-0.15, -0.1) is 0 Å². The summed E-state index contributed by atoms with van der Waals surface area (Å²) in [4.78, 5) is 3.72. The molecule has 0 radical (unpaired) electrons. The van der Waals surface area contributed by atoms with Crippen LogP contribution in [0.2, 0.25) is 0 Å². The molecule has 1 aliphatic rings. The summed E-state index contributed by atoms with van der Waals surface area (Å²) in [6.45, 7) is 0. The molecule has 2 rings (SSSR count). The van der Waals surface area contributed by atoms with Crippen LogP contribution in [-0.2, 0) is 6.42 Å². The van der Waals surface area contributed by atoms with Gasteiger partial charge in [0.25, 0.3) is 0 Å². The van der Waals surface area contributed by atoms with E-state index in [0.29, 0.717) is 12.0 Å². The minimum Gasteiger partial charge on any atom is -0.257 e. The lowest BCUT2D eigenvalue weighted by atomic mass is 10.1. The summed E-state index contributed by atoms with van der Waals surface area (Å²) < 4.78 is 25.6. The molecule has 0 N–H and O–H groups in total. The maximum Gasteiger partial charge on any atom is 0.149 e. The van der Waals surface area contributed by atoms with E-state index in [4.69, 9.17) is 0 Å². The van der Waals surface area contributed by atoms with E-state index in [9.17, 15) is 8.78 Å². The van der Waals surface area contributed by atoms with Gasteiger partial charge in [-0.1, -0.05) is 0 Å². The van der Waals surface area contributed by atoms with Gasteiger partial charge in [0.05, 0.1) is 0 Å². The highest BCUT2D eigenvalue weighted by Crippen LogP contribution is 2.29. The average molecular weight is 153 g/mol. The van der Waals surface area contributed by atoms with Crippen molar-refractivity contribution in [2.24, 2.45) is 4.99 Å². The zero-order valence-electron chi connectivity index (χ0n) is 5.64. The van der Waals surface area contributed by atoms with Crippen molar-refractivity contribution in [2.45, 2.75) is 6.42 Å². The molecule has 0 amide bonds. The van der Waals surface area contributed by atoms with Gasteiger partial charge >= 0.3 is 0 Å². The highest BCUT2D eigenvalue weighted by molar-refractivity contribution is 5.76. The summed E-state index contributed by atoms with van der Waals surface area (Å²) in [6.07, 6.45) is 1.91. The van der Waals surface area contributed by atoms with E-state index in [1.54, 1.807) is 0 Å². The number of fused-ring (bicyclic) bond motifs is 1. The Morgan fingerprint density at radius 1 is 1.18 bits per heavy atom. The first kappa shape index (κ1) is 6.46. The molecule has 0 spiro atoms. The fourth-order valence-corrected chi connectivity index (χ4v) is 1.15. The number of hydrogen-bond acceptors (Lipinski definition) is 1. The average Bonchev–Trinajstić information content (AvgIpc) is 2.45. The van der Waals surface area contributed by atoms with Crippen molar-refractivity contribution in [3.05, 3.63) is 29.3 Å². The number of nitrogens with zero attached hydrogens (tertiary/aromatic N) is 1. The van der Waals surface area contributed by atoms with Gasteiger partial charge in [-0.25, -0.2) is 8.78 Å². The van der Waals surface area contributed by atoms with Crippen molar-refractivity contribution < 1.29 is 8.78 Å². The number of aliphatic imine (C=N–C) groups is 1. The van der Waals surface area contributed by atoms with Crippen LogP contribution in [-0.4, -0.2) is 6.21 Å². The van der Waals surface area contributed by atoms with E-state index in [2.05, 4.69) is 4.99 Å². The molecule has 0 aliphatic carbocycles. The summed E-state index contributed by atoms with van der Waals surface area (Å²) in [7, 11) is 0. The molecule has 1 aliphatic heterocycles. The van der Waals surface area contributed by atoms with Gasteiger partial charge in [-0.3, -0.25) is 4.99 Å². The summed E-state index contributed by atoms with van der Waals surface area (Å²) in [5, 5.41) is 0. The molecule has 0 unspecified atom stereocenters. The van der Waals surface area contributed by atoms with Gasteiger partial charge in [0.2, 0.25) is 0 Å². The zero-order chi connectivity index (χ0) is 7.84. The van der Waals surface area contributed by atoms with Crippen LogP contribution >= 0.6 is 0 Å². The highest BCUT2D eigenvalue weighted by atomic mass is 19.1. The lowest BCUT2D eigenvalue weighted by Crippen LogP contribution is -1.87. The Morgan fingerprint density at radius 3 is 2.64 bits per heavy atom. The molecule has 0 saturated heterocycles. The summed E-state index contributed by atoms with van der Waals surface area (Å²) in [6, 6.07) is 2.22. The predicted molar refractivity (Wildman–Crippen MR) is 38.2 cm³/mol. The SMILES string of the molecule is Fc1ccc(F)c2c1CC=N2. The monoisotopic (exact) mass is 153 g/mol. The second-order valence-electron chi connectivity index (χ2n) is 2.37. The van der Waals surface area contributed by atoms with E-state index in [1.165, 1.54) is 6.21 Å². The molecule has 1 nitrogen and oxygen atoms in total. The van der Waals surface area contributed by atoms with Crippen molar-refractivity contribution in [3.8, 4) is 0 Å². The summed E-state index contributed by atoms with van der Waals surface area (Å²) in [5.74, 6) is -0.825. The molecule has 0 saturated carbocycles. The minimum atomic E-state index is -0.449. The van der Waals surface area contributed by atoms with E-state index < -0.39 is 5.82 Å². The fourth-order valence-electron chi connectivity index (χ4n) is 1.15. The van der Waals surface area contributed by atoms with Crippen LogP contribution in [0.15, 0.2) is 17.1 Å². The normalized spacial score (nSPS) is 13.6. The Morgan fingerprint density at radius 2 is 1.91 bits per heavy atom. The molecule has 0 atom stereocenters. The van der Waals surface area contributed by atoms with Crippen molar-refractivity contribution in [1.29, 1.82) is 0 Å². The maximum atomic E-state index is 12.8.